The normalized spacial score (nSPS) is 10.9. The van der Waals surface area contributed by atoms with E-state index in [4.69, 9.17) is 20.9 Å². The fraction of sp³-hybridized carbons (Fsp3) is 0.143. The molecule has 0 saturated heterocycles. The maximum atomic E-state index is 13.7. The van der Waals surface area contributed by atoms with Crippen LogP contribution >= 0.6 is 11.6 Å². The zero-order valence-corrected chi connectivity index (χ0v) is 17.0. The highest BCUT2D eigenvalue weighted by molar-refractivity contribution is 6.33. The highest BCUT2D eigenvalue weighted by Crippen LogP contribution is 2.33. The molecule has 0 saturated carbocycles. The van der Waals surface area contributed by atoms with Crippen LogP contribution in [0.5, 0.6) is 5.75 Å². The van der Waals surface area contributed by atoms with Gasteiger partial charge in [0.2, 0.25) is 5.91 Å². The Morgan fingerprint density at radius 1 is 1.29 bits per heavy atom. The van der Waals surface area contributed by atoms with Crippen LogP contribution < -0.4 is 15.6 Å². The SMILES string of the molecule is COc1ccc(Cl)c(-c2noc3ncn(CCC(=O)Nc4ccccc4F)c(=O)c23)c1. The number of rotatable bonds is 6. The average molecular weight is 443 g/mol. The number of nitrogens with zero attached hydrogens (tertiary/aromatic N) is 3. The van der Waals surface area contributed by atoms with Crippen LogP contribution in [-0.2, 0) is 11.3 Å². The molecule has 1 amide bonds. The molecule has 0 aliphatic carbocycles. The van der Waals surface area contributed by atoms with Crippen molar-refractivity contribution >= 4 is 34.3 Å². The van der Waals surface area contributed by atoms with Gasteiger partial charge in [0, 0.05) is 18.5 Å². The largest absolute Gasteiger partial charge is 0.497 e. The minimum absolute atomic E-state index is 0.0263. The summed E-state index contributed by atoms with van der Waals surface area (Å²) >= 11 is 6.28. The number of methoxy groups -OCH3 is 1. The van der Waals surface area contributed by atoms with Gasteiger partial charge in [-0.3, -0.25) is 14.2 Å². The van der Waals surface area contributed by atoms with Crippen molar-refractivity contribution in [3.05, 3.63) is 70.0 Å². The van der Waals surface area contributed by atoms with Gasteiger partial charge in [-0.15, -0.1) is 0 Å². The molecule has 0 fully saturated rings. The smallest absolute Gasteiger partial charge is 0.266 e. The summed E-state index contributed by atoms with van der Waals surface area (Å²) in [6.07, 6.45) is 1.20. The van der Waals surface area contributed by atoms with Gasteiger partial charge < -0.3 is 14.6 Å². The summed E-state index contributed by atoms with van der Waals surface area (Å²) in [6, 6.07) is 10.8. The van der Waals surface area contributed by atoms with Gasteiger partial charge in [-0.1, -0.05) is 28.9 Å². The first-order valence-electron chi connectivity index (χ1n) is 9.21. The van der Waals surface area contributed by atoms with Crippen molar-refractivity contribution in [1.29, 1.82) is 0 Å². The van der Waals surface area contributed by atoms with Crippen molar-refractivity contribution in [2.45, 2.75) is 13.0 Å². The molecule has 0 radical (unpaired) electrons. The highest BCUT2D eigenvalue weighted by Gasteiger charge is 2.20. The summed E-state index contributed by atoms with van der Waals surface area (Å²) < 4.78 is 25.4. The van der Waals surface area contributed by atoms with E-state index < -0.39 is 17.3 Å². The Morgan fingerprint density at radius 3 is 2.87 bits per heavy atom. The Bertz CT molecular complexity index is 1330. The lowest BCUT2D eigenvalue weighted by Gasteiger charge is -2.08. The van der Waals surface area contributed by atoms with Gasteiger partial charge in [0.1, 0.15) is 29.0 Å². The zero-order valence-electron chi connectivity index (χ0n) is 16.3. The monoisotopic (exact) mass is 442 g/mol. The van der Waals surface area contributed by atoms with Gasteiger partial charge >= 0.3 is 0 Å². The van der Waals surface area contributed by atoms with Crippen molar-refractivity contribution in [3.63, 3.8) is 0 Å². The Hall–Kier alpha value is -3.72. The minimum atomic E-state index is -0.541. The molecule has 0 atom stereocenters. The number of fused-ring (bicyclic) bond motifs is 1. The second-order valence-corrected chi connectivity index (χ2v) is 6.99. The minimum Gasteiger partial charge on any atom is -0.497 e. The molecule has 0 bridgehead atoms. The molecule has 0 aliphatic rings. The molecule has 2 aromatic carbocycles. The van der Waals surface area contributed by atoms with Crippen LogP contribution in [0, 0.1) is 5.82 Å². The van der Waals surface area contributed by atoms with E-state index in [1.807, 2.05) is 0 Å². The number of amides is 1. The summed E-state index contributed by atoms with van der Waals surface area (Å²) in [5, 5.41) is 6.92. The van der Waals surface area contributed by atoms with E-state index >= 15 is 0 Å². The maximum Gasteiger partial charge on any atom is 0.266 e. The molecular formula is C21H16ClFN4O4. The number of para-hydroxylation sites is 1. The number of anilines is 1. The van der Waals surface area contributed by atoms with Gasteiger partial charge in [0.05, 0.1) is 17.8 Å². The first-order valence-corrected chi connectivity index (χ1v) is 9.59. The van der Waals surface area contributed by atoms with E-state index in [9.17, 15) is 14.0 Å². The number of halogens is 2. The van der Waals surface area contributed by atoms with Crippen molar-refractivity contribution in [2.75, 3.05) is 12.4 Å². The highest BCUT2D eigenvalue weighted by atomic mass is 35.5. The second-order valence-electron chi connectivity index (χ2n) is 6.58. The van der Waals surface area contributed by atoms with E-state index in [0.29, 0.717) is 16.3 Å². The summed E-state index contributed by atoms with van der Waals surface area (Å²) in [5.74, 6) is -0.455. The molecule has 4 aromatic rings. The molecule has 8 nitrogen and oxygen atoms in total. The molecule has 2 heterocycles. The molecule has 0 unspecified atom stereocenters. The van der Waals surface area contributed by atoms with Crippen molar-refractivity contribution in [1.82, 2.24) is 14.7 Å². The molecule has 2 aromatic heterocycles. The van der Waals surface area contributed by atoms with Gasteiger partial charge in [0.15, 0.2) is 0 Å². The molecule has 0 spiro atoms. The number of carbonyl (C=O) groups excluding carboxylic acids is 1. The number of ether oxygens (including phenoxy) is 1. The summed E-state index contributed by atoms with van der Waals surface area (Å²) in [6.45, 7) is 0.0263. The fourth-order valence-electron chi connectivity index (χ4n) is 3.03. The molecule has 0 aliphatic heterocycles. The number of hydrogen-bond donors (Lipinski definition) is 1. The van der Waals surface area contributed by atoms with Crippen molar-refractivity contribution in [3.8, 4) is 17.0 Å². The van der Waals surface area contributed by atoms with Crippen molar-refractivity contribution in [2.24, 2.45) is 0 Å². The van der Waals surface area contributed by atoms with Crippen LogP contribution in [0.2, 0.25) is 5.02 Å². The first-order chi connectivity index (χ1) is 15.0. The van der Waals surface area contributed by atoms with Crippen LogP contribution in [0.3, 0.4) is 0 Å². The molecule has 31 heavy (non-hydrogen) atoms. The first kappa shape index (κ1) is 20.5. The number of hydrogen-bond acceptors (Lipinski definition) is 6. The van der Waals surface area contributed by atoms with Crippen LogP contribution in [0.15, 0.2) is 58.1 Å². The number of aromatic nitrogens is 3. The number of benzene rings is 2. The Kier molecular flexibility index (Phi) is 5.68. The second kappa shape index (κ2) is 8.57. The standard InChI is InChI=1S/C21H16ClFN4O4/c1-30-12-6-7-14(22)13(10-12)19-18-20(31-26-19)24-11-27(21(18)29)9-8-17(28)25-16-5-3-2-4-15(16)23/h2-7,10-11H,8-9H2,1H3,(H,25,28). The quantitative estimate of drug-likeness (QED) is 0.486. The lowest BCUT2D eigenvalue weighted by atomic mass is 10.1. The van der Waals surface area contributed by atoms with Crippen LogP contribution in [0.25, 0.3) is 22.4 Å². The predicted molar refractivity (Wildman–Crippen MR) is 113 cm³/mol. The predicted octanol–water partition coefficient (Wildman–Crippen LogP) is 3.88. The van der Waals surface area contributed by atoms with E-state index in [-0.39, 0.29) is 35.4 Å². The zero-order chi connectivity index (χ0) is 22.0. The molecular weight excluding hydrogens is 427 g/mol. The third-order valence-electron chi connectivity index (χ3n) is 4.62. The number of carbonyl (C=O) groups is 1. The van der Waals surface area contributed by atoms with Crippen LogP contribution in [0.4, 0.5) is 10.1 Å². The summed E-state index contributed by atoms with van der Waals surface area (Å²) in [4.78, 5) is 29.3. The van der Waals surface area contributed by atoms with E-state index in [1.165, 1.54) is 36.2 Å². The summed E-state index contributed by atoms with van der Waals surface area (Å²) in [5.41, 5.74) is 0.349. The average Bonchev–Trinajstić information content (AvgIpc) is 3.20. The Labute approximate surface area is 180 Å². The molecule has 4 rings (SSSR count). The molecule has 10 heteroatoms. The Morgan fingerprint density at radius 2 is 2.10 bits per heavy atom. The molecule has 158 valence electrons. The lowest BCUT2D eigenvalue weighted by Crippen LogP contribution is -2.23. The third kappa shape index (κ3) is 4.13. The fourth-order valence-corrected chi connectivity index (χ4v) is 3.24. The van der Waals surface area contributed by atoms with E-state index in [2.05, 4.69) is 15.5 Å². The lowest BCUT2D eigenvalue weighted by molar-refractivity contribution is -0.116. The van der Waals surface area contributed by atoms with Crippen molar-refractivity contribution < 1.29 is 18.4 Å². The van der Waals surface area contributed by atoms with Crippen LogP contribution in [0.1, 0.15) is 6.42 Å². The topological polar surface area (TPSA) is 99.2 Å². The van der Waals surface area contributed by atoms with Crippen LogP contribution in [-0.4, -0.2) is 27.7 Å². The Balaban J connectivity index is 1.61. The molecule has 1 N–H and O–H groups in total. The van der Waals surface area contributed by atoms with Gasteiger partial charge in [-0.05, 0) is 30.3 Å². The van der Waals surface area contributed by atoms with Gasteiger partial charge in [0.25, 0.3) is 11.3 Å². The maximum absolute atomic E-state index is 13.7. The van der Waals surface area contributed by atoms with Gasteiger partial charge in [-0.25, -0.2) is 9.37 Å². The van der Waals surface area contributed by atoms with E-state index in [0.717, 1.165) is 0 Å². The third-order valence-corrected chi connectivity index (χ3v) is 4.95. The summed E-state index contributed by atoms with van der Waals surface area (Å²) in [7, 11) is 1.51. The number of nitrogens with one attached hydrogen (secondary N) is 1. The van der Waals surface area contributed by atoms with E-state index in [1.54, 1.807) is 24.3 Å². The number of aryl methyl sites for hydroxylation is 1. The van der Waals surface area contributed by atoms with Gasteiger partial charge in [-0.2, -0.15) is 0 Å².